The average molecular weight is 257 g/mol. The van der Waals surface area contributed by atoms with Crippen molar-refractivity contribution < 1.29 is 0 Å². The van der Waals surface area contributed by atoms with Gasteiger partial charge in [0.25, 0.3) is 0 Å². The van der Waals surface area contributed by atoms with E-state index >= 15 is 0 Å². The quantitative estimate of drug-likeness (QED) is 0.823. The van der Waals surface area contributed by atoms with Gasteiger partial charge >= 0.3 is 0 Å². The largest absolute Gasteiger partial charge is 0.317 e. The number of nitrogens with zero attached hydrogens (tertiary/aromatic N) is 2. The van der Waals surface area contributed by atoms with E-state index in [9.17, 15) is 0 Å². The number of thioether (sulfide) groups is 1. The summed E-state index contributed by atoms with van der Waals surface area (Å²) in [6, 6.07) is 0. The minimum Gasteiger partial charge on any atom is -0.317 e. The van der Waals surface area contributed by atoms with E-state index in [-0.39, 0.29) is 0 Å². The van der Waals surface area contributed by atoms with Gasteiger partial charge in [0.1, 0.15) is 5.82 Å². The van der Waals surface area contributed by atoms with Crippen molar-refractivity contribution in [2.45, 2.75) is 36.9 Å². The zero-order valence-corrected chi connectivity index (χ0v) is 11.4. The number of rotatable bonds is 5. The van der Waals surface area contributed by atoms with E-state index in [0.717, 1.165) is 22.5 Å². The van der Waals surface area contributed by atoms with Gasteiger partial charge in [0.2, 0.25) is 0 Å². The Morgan fingerprint density at radius 3 is 2.94 bits per heavy atom. The minimum absolute atomic E-state index is 0.923. The average Bonchev–Trinajstić information content (AvgIpc) is 2.78. The molecule has 0 aromatic carbocycles. The third kappa shape index (κ3) is 3.71. The van der Waals surface area contributed by atoms with Gasteiger partial charge in [-0.25, -0.2) is 4.98 Å². The molecule has 1 aromatic heterocycles. The molecule has 0 radical (unpaired) electrons. The van der Waals surface area contributed by atoms with Crippen molar-refractivity contribution >= 4 is 23.3 Å². The highest BCUT2D eigenvalue weighted by Gasteiger charge is 2.13. The Kier molecular flexibility index (Phi) is 5.06. The summed E-state index contributed by atoms with van der Waals surface area (Å²) in [4.78, 5) is 4.47. The van der Waals surface area contributed by atoms with Crippen molar-refractivity contribution in [1.29, 1.82) is 0 Å². The van der Waals surface area contributed by atoms with Crippen LogP contribution in [0, 0.1) is 5.92 Å². The topological polar surface area (TPSA) is 37.8 Å². The molecular formula is C11H19N3S2. The molecule has 1 saturated heterocycles. The monoisotopic (exact) mass is 257 g/mol. The second-order valence-electron chi connectivity index (χ2n) is 4.16. The SMILES string of the molecule is CCc1nsc(SCCC2CCNCC2)n1. The Labute approximate surface area is 106 Å². The highest BCUT2D eigenvalue weighted by atomic mass is 32.2. The minimum atomic E-state index is 0.923. The fourth-order valence-electron chi connectivity index (χ4n) is 1.92. The summed E-state index contributed by atoms with van der Waals surface area (Å²) in [5.41, 5.74) is 0. The molecule has 0 aliphatic carbocycles. The van der Waals surface area contributed by atoms with Crippen molar-refractivity contribution in [2.24, 2.45) is 5.92 Å². The van der Waals surface area contributed by atoms with Crippen LogP contribution < -0.4 is 5.32 Å². The molecule has 3 nitrogen and oxygen atoms in total. The van der Waals surface area contributed by atoms with Crippen LogP contribution in [0.1, 0.15) is 32.0 Å². The predicted octanol–water partition coefficient (Wildman–Crippen LogP) is 2.58. The zero-order valence-electron chi connectivity index (χ0n) is 9.74. The molecule has 1 fully saturated rings. The van der Waals surface area contributed by atoms with Crippen LogP contribution in [0.15, 0.2) is 4.34 Å². The fourth-order valence-corrected chi connectivity index (χ4v) is 3.79. The van der Waals surface area contributed by atoms with Gasteiger partial charge in [0.15, 0.2) is 4.34 Å². The summed E-state index contributed by atoms with van der Waals surface area (Å²) in [5.74, 6) is 3.12. The van der Waals surface area contributed by atoms with E-state index in [1.807, 2.05) is 11.8 Å². The molecule has 1 aliphatic rings. The smallest absolute Gasteiger partial charge is 0.170 e. The van der Waals surface area contributed by atoms with Crippen LogP contribution >= 0.6 is 23.3 Å². The van der Waals surface area contributed by atoms with E-state index in [1.54, 1.807) is 11.5 Å². The fraction of sp³-hybridized carbons (Fsp3) is 0.818. The molecule has 0 atom stereocenters. The van der Waals surface area contributed by atoms with E-state index in [0.29, 0.717) is 0 Å². The van der Waals surface area contributed by atoms with Crippen molar-refractivity contribution in [1.82, 2.24) is 14.7 Å². The number of aryl methyl sites for hydroxylation is 1. The van der Waals surface area contributed by atoms with Gasteiger partial charge in [-0.1, -0.05) is 18.7 Å². The maximum atomic E-state index is 4.47. The Morgan fingerprint density at radius 2 is 2.25 bits per heavy atom. The zero-order chi connectivity index (χ0) is 11.2. The van der Waals surface area contributed by atoms with E-state index in [4.69, 9.17) is 0 Å². The standard InChI is InChI=1S/C11H19N3S2/c1-2-10-13-11(16-14-10)15-8-5-9-3-6-12-7-4-9/h9,12H,2-8H2,1H3. The first-order valence-electron chi connectivity index (χ1n) is 6.04. The van der Waals surface area contributed by atoms with Crippen LogP contribution in [0.4, 0.5) is 0 Å². The first kappa shape index (κ1) is 12.3. The van der Waals surface area contributed by atoms with Crippen molar-refractivity contribution in [3.63, 3.8) is 0 Å². The highest BCUT2D eigenvalue weighted by molar-refractivity contribution is 8.00. The lowest BCUT2D eigenvalue weighted by Gasteiger charge is -2.21. The molecule has 1 N–H and O–H groups in total. The Morgan fingerprint density at radius 1 is 1.44 bits per heavy atom. The van der Waals surface area contributed by atoms with Gasteiger partial charge in [-0.05, 0) is 49.8 Å². The normalized spacial score (nSPS) is 17.8. The van der Waals surface area contributed by atoms with Crippen molar-refractivity contribution in [3.8, 4) is 0 Å². The molecule has 90 valence electrons. The molecule has 0 bridgehead atoms. The van der Waals surface area contributed by atoms with Crippen molar-refractivity contribution in [3.05, 3.63) is 5.82 Å². The first-order valence-corrected chi connectivity index (χ1v) is 7.80. The van der Waals surface area contributed by atoms with Gasteiger partial charge in [-0.3, -0.25) is 0 Å². The van der Waals surface area contributed by atoms with Gasteiger partial charge in [-0.15, -0.1) is 0 Å². The van der Waals surface area contributed by atoms with E-state index in [1.165, 1.54) is 38.1 Å². The maximum Gasteiger partial charge on any atom is 0.170 e. The lowest BCUT2D eigenvalue weighted by molar-refractivity contribution is 0.367. The number of hydrogen-bond acceptors (Lipinski definition) is 5. The molecule has 5 heteroatoms. The third-order valence-corrected chi connectivity index (χ3v) is 4.88. The number of hydrogen-bond donors (Lipinski definition) is 1. The summed E-state index contributed by atoms with van der Waals surface area (Å²) < 4.78 is 5.44. The van der Waals surface area contributed by atoms with Crippen LogP contribution in [0.2, 0.25) is 0 Å². The van der Waals surface area contributed by atoms with Gasteiger partial charge in [-0.2, -0.15) is 4.37 Å². The number of aromatic nitrogens is 2. The summed E-state index contributed by atoms with van der Waals surface area (Å²) in [7, 11) is 0. The molecule has 2 rings (SSSR count). The van der Waals surface area contributed by atoms with Crippen LogP contribution in [0.3, 0.4) is 0 Å². The molecule has 0 amide bonds. The van der Waals surface area contributed by atoms with E-state index in [2.05, 4.69) is 21.6 Å². The van der Waals surface area contributed by atoms with E-state index < -0.39 is 0 Å². The number of nitrogens with one attached hydrogen (secondary N) is 1. The Hall–Kier alpha value is -0.130. The predicted molar refractivity (Wildman–Crippen MR) is 70.2 cm³/mol. The lowest BCUT2D eigenvalue weighted by atomic mass is 9.96. The summed E-state index contributed by atoms with van der Waals surface area (Å²) in [6.07, 6.45) is 4.96. The van der Waals surface area contributed by atoms with Crippen LogP contribution in [-0.2, 0) is 6.42 Å². The van der Waals surface area contributed by atoms with Crippen LogP contribution in [0.5, 0.6) is 0 Å². The van der Waals surface area contributed by atoms with Crippen LogP contribution in [0.25, 0.3) is 0 Å². The highest BCUT2D eigenvalue weighted by Crippen LogP contribution is 2.25. The maximum absolute atomic E-state index is 4.47. The molecule has 16 heavy (non-hydrogen) atoms. The third-order valence-electron chi connectivity index (χ3n) is 2.98. The van der Waals surface area contributed by atoms with Crippen LogP contribution in [-0.4, -0.2) is 28.2 Å². The second-order valence-corrected chi connectivity index (χ2v) is 6.25. The Bertz CT molecular complexity index is 308. The molecule has 0 unspecified atom stereocenters. The second kappa shape index (κ2) is 6.57. The summed E-state index contributed by atoms with van der Waals surface area (Å²) in [6.45, 7) is 4.51. The lowest BCUT2D eigenvalue weighted by Crippen LogP contribution is -2.27. The van der Waals surface area contributed by atoms with Gasteiger partial charge in [0, 0.05) is 12.2 Å². The molecule has 0 spiro atoms. The van der Waals surface area contributed by atoms with Crippen molar-refractivity contribution in [2.75, 3.05) is 18.8 Å². The number of piperidine rings is 1. The molecule has 0 saturated carbocycles. The first-order chi connectivity index (χ1) is 7.88. The Balaban J connectivity index is 1.66. The van der Waals surface area contributed by atoms with Gasteiger partial charge in [0.05, 0.1) is 0 Å². The molecule has 2 heterocycles. The summed E-state index contributed by atoms with van der Waals surface area (Å²) in [5, 5.41) is 3.41. The van der Waals surface area contributed by atoms with Gasteiger partial charge < -0.3 is 5.32 Å². The molecule has 1 aliphatic heterocycles. The molecule has 1 aromatic rings. The summed E-state index contributed by atoms with van der Waals surface area (Å²) >= 11 is 3.43. The molecular weight excluding hydrogens is 238 g/mol.